The van der Waals surface area contributed by atoms with Crippen LogP contribution in [-0.2, 0) is 9.59 Å². The number of anilines is 2. The van der Waals surface area contributed by atoms with Crippen LogP contribution >= 0.6 is 11.3 Å². The van der Waals surface area contributed by atoms with Crippen LogP contribution in [0.4, 0.5) is 10.8 Å². The molecule has 0 spiro atoms. The molecule has 1 aromatic carbocycles. The number of hydrogen-bond donors (Lipinski definition) is 3. The van der Waals surface area contributed by atoms with Gasteiger partial charge in [-0.1, -0.05) is 18.2 Å². The Kier molecular flexibility index (Phi) is 4.78. The summed E-state index contributed by atoms with van der Waals surface area (Å²) in [5, 5.41) is 14.9. The number of nitrogens with zero attached hydrogens (tertiary/aromatic N) is 1. The van der Waals surface area contributed by atoms with Gasteiger partial charge in [-0.2, -0.15) is 0 Å². The van der Waals surface area contributed by atoms with Gasteiger partial charge < -0.3 is 16.0 Å². The SMILES string of the molecule is CC(=N)C(C(=O)Nc1ccccc1)C(=O)Nc1nccs1.[HH]. The molecule has 0 radical (unpaired) electrons. The Labute approximate surface area is 127 Å². The van der Waals surface area contributed by atoms with E-state index in [0.29, 0.717) is 10.8 Å². The van der Waals surface area contributed by atoms with Gasteiger partial charge in [0.15, 0.2) is 11.0 Å². The average molecular weight is 304 g/mol. The summed E-state index contributed by atoms with van der Waals surface area (Å²) in [5.74, 6) is -2.29. The number of carbonyl (C=O) groups is 2. The van der Waals surface area contributed by atoms with Gasteiger partial charge in [0.25, 0.3) is 0 Å². The molecule has 0 saturated carbocycles. The molecule has 1 aromatic heterocycles. The molecule has 0 bridgehead atoms. The largest absolute Gasteiger partial charge is 0.325 e. The molecule has 1 atom stereocenters. The lowest BCUT2D eigenvalue weighted by Crippen LogP contribution is -2.38. The molecule has 2 amide bonds. The second-order valence-corrected chi connectivity index (χ2v) is 5.19. The Balaban J connectivity index is 0.00000242. The average Bonchev–Trinajstić information content (AvgIpc) is 2.92. The summed E-state index contributed by atoms with van der Waals surface area (Å²) in [6.07, 6.45) is 1.55. The molecule has 0 saturated heterocycles. The first-order valence-electron chi connectivity index (χ1n) is 6.19. The van der Waals surface area contributed by atoms with E-state index < -0.39 is 17.7 Å². The van der Waals surface area contributed by atoms with Crippen molar-refractivity contribution in [1.29, 1.82) is 5.41 Å². The summed E-state index contributed by atoms with van der Waals surface area (Å²) >= 11 is 1.25. The predicted octanol–water partition coefficient (Wildman–Crippen LogP) is 2.62. The molecule has 0 aliphatic heterocycles. The minimum atomic E-state index is -1.19. The molecule has 2 rings (SSSR count). The molecule has 110 valence electrons. The van der Waals surface area contributed by atoms with E-state index in [2.05, 4.69) is 15.6 Å². The number of para-hydroxylation sites is 1. The summed E-state index contributed by atoms with van der Waals surface area (Å²) in [6, 6.07) is 8.80. The normalized spacial score (nSPS) is 11.5. The molecule has 1 heterocycles. The Hall–Kier alpha value is -2.54. The number of rotatable bonds is 5. The first kappa shape index (κ1) is 14.9. The van der Waals surface area contributed by atoms with Crippen LogP contribution in [0.2, 0.25) is 0 Å². The van der Waals surface area contributed by atoms with Gasteiger partial charge in [0.05, 0.1) is 0 Å². The zero-order valence-corrected chi connectivity index (χ0v) is 12.1. The van der Waals surface area contributed by atoms with Crippen LogP contribution in [0.3, 0.4) is 0 Å². The molecule has 0 aliphatic rings. The Bertz CT molecular complexity index is 646. The van der Waals surface area contributed by atoms with E-state index in [0.717, 1.165) is 0 Å². The quantitative estimate of drug-likeness (QED) is 0.585. The van der Waals surface area contributed by atoms with Gasteiger partial charge in [-0.15, -0.1) is 11.3 Å². The highest BCUT2D eigenvalue weighted by atomic mass is 32.1. The summed E-state index contributed by atoms with van der Waals surface area (Å²) in [6.45, 7) is 1.43. The van der Waals surface area contributed by atoms with Crippen LogP contribution < -0.4 is 10.6 Å². The van der Waals surface area contributed by atoms with Crippen molar-refractivity contribution >= 4 is 39.7 Å². The van der Waals surface area contributed by atoms with Crippen molar-refractivity contribution in [3.8, 4) is 0 Å². The topological polar surface area (TPSA) is 94.9 Å². The van der Waals surface area contributed by atoms with E-state index in [9.17, 15) is 9.59 Å². The van der Waals surface area contributed by atoms with Gasteiger partial charge in [0, 0.05) is 24.4 Å². The number of amides is 2. The molecule has 7 heteroatoms. The van der Waals surface area contributed by atoms with Crippen molar-refractivity contribution in [3.63, 3.8) is 0 Å². The maximum Gasteiger partial charge on any atom is 0.244 e. The Morgan fingerprint density at radius 1 is 1.24 bits per heavy atom. The van der Waals surface area contributed by atoms with Crippen LogP contribution in [0.15, 0.2) is 41.9 Å². The fraction of sp³-hybridized carbons (Fsp3) is 0.143. The number of aromatic nitrogens is 1. The summed E-state index contributed by atoms with van der Waals surface area (Å²) in [7, 11) is 0. The molecular weight excluding hydrogens is 288 g/mol. The van der Waals surface area contributed by atoms with Gasteiger partial charge in [0.2, 0.25) is 11.8 Å². The molecule has 3 N–H and O–H groups in total. The zero-order valence-electron chi connectivity index (χ0n) is 11.3. The van der Waals surface area contributed by atoms with Gasteiger partial charge in [-0.25, -0.2) is 4.98 Å². The van der Waals surface area contributed by atoms with Crippen LogP contribution in [0.5, 0.6) is 0 Å². The van der Waals surface area contributed by atoms with Gasteiger partial charge in [0.1, 0.15) is 0 Å². The van der Waals surface area contributed by atoms with Crippen LogP contribution in [0.25, 0.3) is 0 Å². The lowest BCUT2D eigenvalue weighted by atomic mass is 10.0. The third kappa shape index (κ3) is 3.96. The Morgan fingerprint density at radius 3 is 2.48 bits per heavy atom. The van der Waals surface area contributed by atoms with E-state index in [1.807, 2.05) is 6.07 Å². The highest BCUT2D eigenvalue weighted by Gasteiger charge is 2.29. The van der Waals surface area contributed by atoms with Crippen LogP contribution in [0, 0.1) is 11.3 Å². The second kappa shape index (κ2) is 6.76. The first-order chi connectivity index (χ1) is 10.1. The van der Waals surface area contributed by atoms with Crippen molar-refractivity contribution in [1.82, 2.24) is 4.98 Å². The fourth-order valence-corrected chi connectivity index (χ4v) is 2.24. The van der Waals surface area contributed by atoms with Gasteiger partial charge >= 0.3 is 0 Å². The molecule has 0 fully saturated rings. The monoisotopic (exact) mass is 304 g/mol. The van der Waals surface area contributed by atoms with E-state index in [1.165, 1.54) is 18.3 Å². The third-order valence-corrected chi connectivity index (χ3v) is 3.35. The molecule has 6 nitrogen and oxygen atoms in total. The summed E-state index contributed by atoms with van der Waals surface area (Å²) in [5.41, 5.74) is 0.549. The van der Waals surface area contributed by atoms with Crippen molar-refractivity contribution < 1.29 is 11.0 Å². The molecular formula is C14H16N4O2S. The van der Waals surface area contributed by atoms with E-state index >= 15 is 0 Å². The maximum atomic E-state index is 12.2. The number of nitrogens with one attached hydrogen (secondary N) is 3. The molecule has 2 aromatic rings. The number of hydrogen-bond acceptors (Lipinski definition) is 5. The lowest BCUT2D eigenvalue weighted by molar-refractivity contribution is -0.126. The standard InChI is InChI=1S/C14H14N4O2S.H2/c1-9(15)11(13(20)18-14-16-7-8-21-14)12(19)17-10-5-3-2-4-6-10;/h2-8,11,15H,1H3,(H,17,19)(H,16,18,20);1H. The summed E-state index contributed by atoms with van der Waals surface area (Å²) < 4.78 is 0. The van der Waals surface area contributed by atoms with Crippen molar-refractivity contribution in [2.45, 2.75) is 6.92 Å². The minimum absolute atomic E-state index is 0. The molecule has 0 aliphatic carbocycles. The number of carbonyl (C=O) groups excluding carboxylic acids is 2. The van der Waals surface area contributed by atoms with Crippen molar-refractivity contribution in [3.05, 3.63) is 41.9 Å². The number of thiazole rings is 1. The third-order valence-electron chi connectivity index (χ3n) is 2.66. The molecule has 21 heavy (non-hydrogen) atoms. The zero-order chi connectivity index (χ0) is 15.2. The van der Waals surface area contributed by atoms with Gasteiger partial charge in [-0.05, 0) is 19.1 Å². The highest BCUT2D eigenvalue weighted by Crippen LogP contribution is 2.14. The minimum Gasteiger partial charge on any atom is -0.325 e. The first-order valence-corrected chi connectivity index (χ1v) is 7.07. The van der Waals surface area contributed by atoms with Crippen LogP contribution in [-0.4, -0.2) is 22.5 Å². The smallest absolute Gasteiger partial charge is 0.244 e. The van der Waals surface area contributed by atoms with E-state index in [4.69, 9.17) is 5.41 Å². The maximum absolute atomic E-state index is 12.2. The Morgan fingerprint density at radius 2 is 1.90 bits per heavy atom. The fourth-order valence-electron chi connectivity index (χ4n) is 1.71. The number of benzene rings is 1. The highest BCUT2D eigenvalue weighted by molar-refractivity contribution is 7.13. The lowest BCUT2D eigenvalue weighted by Gasteiger charge is -2.14. The van der Waals surface area contributed by atoms with Crippen LogP contribution in [0.1, 0.15) is 8.35 Å². The van der Waals surface area contributed by atoms with Gasteiger partial charge in [-0.3, -0.25) is 9.59 Å². The van der Waals surface area contributed by atoms with E-state index in [1.54, 1.807) is 35.8 Å². The second-order valence-electron chi connectivity index (χ2n) is 4.30. The van der Waals surface area contributed by atoms with Crippen molar-refractivity contribution in [2.75, 3.05) is 10.6 Å². The molecule has 1 unspecified atom stereocenters. The van der Waals surface area contributed by atoms with E-state index in [-0.39, 0.29) is 7.14 Å². The summed E-state index contributed by atoms with van der Waals surface area (Å²) in [4.78, 5) is 28.3. The van der Waals surface area contributed by atoms with Crippen molar-refractivity contribution in [2.24, 2.45) is 5.92 Å². The predicted molar refractivity (Wildman–Crippen MR) is 84.8 cm³/mol.